The second-order valence-corrected chi connectivity index (χ2v) is 6.21. The molecule has 7 heteroatoms. The summed E-state index contributed by atoms with van der Waals surface area (Å²) in [4.78, 5) is 11.4. The van der Waals surface area contributed by atoms with Gasteiger partial charge in [-0.15, -0.1) is 0 Å². The van der Waals surface area contributed by atoms with Gasteiger partial charge in [0.1, 0.15) is 5.82 Å². The molecule has 0 saturated heterocycles. The van der Waals surface area contributed by atoms with E-state index in [0.717, 1.165) is 25.0 Å². The zero-order valence-electron chi connectivity index (χ0n) is 10.3. The summed E-state index contributed by atoms with van der Waals surface area (Å²) < 4.78 is 41.2. The van der Waals surface area contributed by atoms with Crippen molar-refractivity contribution in [1.29, 1.82) is 0 Å². The Morgan fingerprint density at radius 3 is 2.63 bits per heavy atom. The Balaban J connectivity index is 2.30. The van der Waals surface area contributed by atoms with Crippen molar-refractivity contribution in [2.24, 2.45) is 11.1 Å². The Kier molecular flexibility index (Phi) is 3.60. The molecular weight excluding hydrogens is 273 g/mol. The highest BCUT2D eigenvalue weighted by Gasteiger charge is 2.25. The van der Waals surface area contributed by atoms with Crippen LogP contribution in [0.1, 0.15) is 28.8 Å². The normalized spacial score (nSPS) is 15.3. The first-order valence-electron chi connectivity index (χ1n) is 5.79. The van der Waals surface area contributed by atoms with Crippen LogP contribution in [0, 0.1) is 18.7 Å². The highest BCUT2D eigenvalue weighted by molar-refractivity contribution is 7.89. The van der Waals surface area contributed by atoms with Gasteiger partial charge in [0, 0.05) is 0 Å². The average molecular weight is 287 g/mol. The molecule has 0 atom stereocenters. The van der Waals surface area contributed by atoms with Gasteiger partial charge in [0.2, 0.25) is 10.0 Å². The Bertz CT molecular complexity index is 623. The molecule has 0 unspecified atom stereocenters. The Labute approximate surface area is 110 Å². The van der Waals surface area contributed by atoms with E-state index in [2.05, 4.69) is 0 Å². The van der Waals surface area contributed by atoms with Crippen LogP contribution in [0.4, 0.5) is 4.39 Å². The quantitative estimate of drug-likeness (QED) is 0.847. The number of carbonyl (C=O) groups excluding carboxylic acids is 1. The van der Waals surface area contributed by atoms with Crippen LogP contribution < -0.4 is 5.14 Å². The van der Waals surface area contributed by atoms with Crippen LogP contribution in [0.25, 0.3) is 0 Å². The summed E-state index contributed by atoms with van der Waals surface area (Å²) in [6.45, 7) is 1.64. The van der Waals surface area contributed by atoms with Gasteiger partial charge in [0.15, 0.2) is 0 Å². The minimum absolute atomic E-state index is 0.152. The van der Waals surface area contributed by atoms with Crippen LogP contribution >= 0.6 is 0 Å². The number of nitrogens with two attached hydrogens (primary N) is 1. The van der Waals surface area contributed by atoms with Crippen molar-refractivity contribution in [3.8, 4) is 0 Å². The lowest BCUT2D eigenvalue weighted by Gasteiger charge is -2.09. The van der Waals surface area contributed by atoms with E-state index in [-0.39, 0.29) is 17.1 Å². The number of halogens is 1. The molecule has 0 aliphatic heterocycles. The van der Waals surface area contributed by atoms with Crippen molar-refractivity contribution in [3.63, 3.8) is 0 Å². The standard InChI is InChI=1S/C12H14FNO4S/c1-7-4-10(13)9(5-11(7)19(14,16)17)12(15)18-6-8-2-3-8/h4-5,8H,2-3,6H2,1H3,(H2,14,16,17). The molecule has 1 aliphatic carbocycles. The van der Waals surface area contributed by atoms with E-state index >= 15 is 0 Å². The fourth-order valence-corrected chi connectivity index (χ4v) is 2.46. The van der Waals surface area contributed by atoms with E-state index in [1.165, 1.54) is 6.92 Å². The summed E-state index contributed by atoms with van der Waals surface area (Å²) >= 11 is 0. The lowest BCUT2D eigenvalue weighted by Crippen LogP contribution is -2.17. The molecule has 0 radical (unpaired) electrons. The van der Waals surface area contributed by atoms with Gasteiger partial charge >= 0.3 is 5.97 Å². The van der Waals surface area contributed by atoms with Crippen molar-refractivity contribution < 1.29 is 22.3 Å². The largest absolute Gasteiger partial charge is 0.462 e. The van der Waals surface area contributed by atoms with Gasteiger partial charge in [-0.05, 0) is 43.4 Å². The first-order chi connectivity index (χ1) is 8.79. The maximum atomic E-state index is 13.7. The SMILES string of the molecule is Cc1cc(F)c(C(=O)OCC2CC2)cc1S(N)(=O)=O. The minimum atomic E-state index is -4.00. The van der Waals surface area contributed by atoms with Crippen molar-refractivity contribution in [3.05, 3.63) is 29.1 Å². The number of primary sulfonamides is 1. The third kappa shape index (κ3) is 3.30. The summed E-state index contributed by atoms with van der Waals surface area (Å²) in [5.74, 6) is -1.34. The summed E-state index contributed by atoms with van der Waals surface area (Å²) in [6.07, 6.45) is 1.98. The Morgan fingerprint density at radius 2 is 2.11 bits per heavy atom. The molecule has 5 nitrogen and oxygen atoms in total. The number of rotatable bonds is 4. The Hall–Kier alpha value is -1.47. The maximum absolute atomic E-state index is 13.7. The zero-order valence-corrected chi connectivity index (χ0v) is 11.2. The lowest BCUT2D eigenvalue weighted by atomic mass is 10.1. The number of benzene rings is 1. The fraction of sp³-hybridized carbons (Fsp3) is 0.417. The van der Waals surface area contributed by atoms with Crippen LogP contribution in [0.3, 0.4) is 0 Å². The van der Waals surface area contributed by atoms with Gasteiger partial charge in [-0.25, -0.2) is 22.7 Å². The summed E-state index contributed by atoms with van der Waals surface area (Å²) in [5, 5.41) is 5.01. The van der Waals surface area contributed by atoms with E-state index in [0.29, 0.717) is 5.92 Å². The molecule has 2 N–H and O–H groups in total. The molecule has 2 rings (SSSR count). The van der Waals surface area contributed by atoms with Crippen molar-refractivity contribution in [1.82, 2.24) is 0 Å². The predicted octanol–water partition coefficient (Wildman–Crippen LogP) is 1.35. The van der Waals surface area contributed by atoms with E-state index < -0.39 is 27.4 Å². The minimum Gasteiger partial charge on any atom is -0.462 e. The summed E-state index contributed by atoms with van der Waals surface area (Å²) in [5.41, 5.74) is -0.256. The van der Waals surface area contributed by atoms with E-state index in [1.807, 2.05) is 0 Å². The van der Waals surface area contributed by atoms with Gasteiger partial charge in [0.05, 0.1) is 17.1 Å². The van der Waals surface area contributed by atoms with Gasteiger partial charge in [0.25, 0.3) is 0 Å². The monoisotopic (exact) mass is 287 g/mol. The number of esters is 1. The van der Waals surface area contributed by atoms with E-state index in [1.54, 1.807) is 0 Å². The highest BCUT2D eigenvalue weighted by atomic mass is 32.2. The summed E-state index contributed by atoms with van der Waals surface area (Å²) in [6, 6.07) is 1.89. The van der Waals surface area contributed by atoms with Gasteiger partial charge in [-0.2, -0.15) is 0 Å². The molecule has 1 aromatic carbocycles. The second-order valence-electron chi connectivity index (χ2n) is 4.68. The number of sulfonamides is 1. The molecule has 104 valence electrons. The number of hydrogen-bond acceptors (Lipinski definition) is 4. The number of hydrogen-bond donors (Lipinski definition) is 1. The van der Waals surface area contributed by atoms with Crippen LogP contribution in [0.5, 0.6) is 0 Å². The fourth-order valence-electron chi connectivity index (χ4n) is 1.67. The third-order valence-corrected chi connectivity index (χ3v) is 3.99. The van der Waals surface area contributed by atoms with Crippen LogP contribution in [0.2, 0.25) is 0 Å². The van der Waals surface area contributed by atoms with Crippen LogP contribution in [-0.2, 0) is 14.8 Å². The second kappa shape index (κ2) is 4.90. The average Bonchev–Trinajstić information content (AvgIpc) is 3.07. The van der Waals surface area contributed by atoms with Crippen molar-refractivity contribution >= 4 is 16.0 Å². The smallest absolute Gasteiger partial charge is 0.341 e. The number of carbonyl (C=O) groups is 1. The maximum Gasteiger partial charge on any atom is 0.341 e. The highest BCUT2D eigenvalue weighted by Crippen LogP contribution is 2.29. The third-order valence-electron chi connectivity index (χ3n) is 2.94. The molecule has 0 heterocycles. The van der Waals surface area contributed by atoms with Gasteiger partial charge < -0.3 is 4.74 Å². The molecule has 1 fully saturated rings. The molecule has 0 spiro atoms. The molecule has 0 bridgehead atoms. The lowest BCUT2D eigenvalue weighted by molar-refractivity contribution is 0.0480. The molecule has 19 heavy (non-hydrogen) atoms. The Morgan fingerprint density at radius 1 is 1.47 bits per heavy atom. The van der Waals surface area contributed by atoms with E-state index in [9.17, 15) is 17.6 Å². The molecular formula is C12H14FNO4S. The topological polar surface area (TPSA) is 86.5 Å². The first kappa shape index (κ1) is 14.0. The molecule has 0 aromatic heterocycles. The van der Waals surface area contributed by atoms with Gasteiger partial charge in [-0.3, -0.25) is 0 Å². The predicted molar refractivity (Wildman–Crippen MR) is 65.5 cm³/mol. The zero-order chi connectivity index (χ0) is 14.2. The van der Waals surface area contributed by atoms with E-state index in [4.69, 9.17) is 9.88 Å². The van der Waals surface area contributed by atoms with Gasteiger partial charge in [-0.1, -0.05) is 0 Å². The van der Waals surface area contributed by atoms with Crippen LogP contribution in [-0.4, -0.2) is 21.0 Å². The van der Waals surface area contributed by atoms with Crippen molar-refractivity contribution in [2.75, 3.05) is 6.61 Å². The summed E-state index contributed by atoms with van der Waals surface area (Å²) in [7, 11) is -4.00. The molecule has 1 aromatic rings. The van der Waals surface area contributed by atoms with Crippen LogP contribution in [0.15, 0.2) is 17.0 Å². The first-order valence-corrected chi connectivity index (χ1v) is 7.33. The number of ether oxygens (including phenoxy) is 1. The number of aryl methyl sites for hydroxylation is 1. The molecule has 1 saturated carbocycles. The molecule has 0 amide bonds. The molecule has 1 aliphatic rings. The van der Waals surface area contributed by atoms with Crippen molar-refractivity contribution in [2.45, 2.75) is 24.7 Å².